The maximum atomic E-state index is 6.21. The topological polar surface area (TPSA) is 29.3 Å². The second kappa shape index (κ2) is 7.42. The SMILES string of the molecule is CCCN(CCC)CC(N)c1ccccc1. The van der Waals surface area contributed by atoms with Crippen LogP contribution in [-0.2, 0) is 0 Å². The van der Waals surface area contributed by atoms with Crippen molar-refractivity contribution >= 4 is 0 Å². The van der Waals surface area contributed by atoms with E-state index in [1.54, 1.807) is 0 Å². The van der Waals surface area contributed by atoms with Crippen LogP contribution in [0, 0.1) is 0 Å². The molecule has 0 bridgehead atoms. The molecule has 2 heteroatoms. The molecule has 1 aromatic rings. The summed E-state index contributed by atoms with van der Waals surface area (Å²) in [6.45, 7) is 7.70. The molecule has 0 radical (unpaired) electrons. The molecule has 1 rings (SSSR count). The summed E-state index contributed by atoms with van der Waals surface area (Å²) in [7, 11) is 0. The third-order valence-corrected chi connectivity index (χ3v) is 2.76. The van der Waals surface area contributed by atoms with Crippen molar-refractivity contribution in [3.05, 3.63) is 35.9 Å². The Morgan fingerprint density at radius 1 is 1.06 bits per heavy atom. The number of nitrogens with two attached hydrogens (primary N) is 1. The maximum absolute atomic E-state index is 6.21. The summed E-state index contributed by atoms with van der Waals surface area (Å²) in [4.78, 5) is 2.46. The lowest BCUT2D eigenvalue weighted by molar-refractivity contribution is 0.258. The Bertz CT molecular complexity index is 265. The van der Waals surface area contributed by atoms with Gasteiger partial charge in [0.2, 0.25) is 0 Å². The minimum absolute atomic E-state index is 0.138. The molecule has 0 spiro atoms. The third kappa shape index (κ3) is 4.33. The third-order valence-electron chi connectivity index (χ3n) is 2.76. The molecule has 0 aliphatic rings. The minimum Gasteiger partial charge on any atom is -0.323 e. The molecule has 0 saturated heterocycles. The fraction of sp³-hybridized carbons (Fsp3) is 0.571. The largest absolute Gasteiger partial charge is 0.323 e. The van der Waals surface area contributed by atoms with Crippen LogP contribution in [0.4, 0.5) is 0 Å². The number of hydrogen-bond acceptors (Lipinski definition) is 2. The fourth-order valence-electron chi connectivity index (χ4n) is 2.01. The molecule has 0 heterocycles. The first-order chi connectivity index (χ1) is 7.77. The average Bonchev–Trinajstić information content (AvgIpc) is 2.31. The molecule has 0 aliphatic heterocycles. The molecule has 90 valence electrons. The summed E-state index contributed by atoms with van der Waals surface area (Å²) in [5.41, 5.74) is 7.45. The van der Waals surface area contributed by atoms with Crippen LogP contribution < -0.4 is 5.73 Å². The number of benzene rings is 1. The Hall–Kier alpha value is -0.860. The van der Waals surface area contributed by atoms with Crippen LogP contribution in [0.3, 0.4) is 0 Å². The van der Waals surface area contributed by atoms with Crippen molar-refractivity contribution < 1.29 is 0 Å². The van der Waals surface area contributed by atoms with Crippen LogP contribution in [-0.4, -0.2) is 24.5 Å². The predicted octanol–water partition coefficient (Wildman–Crippen LogP) is 2.81. The maximum Gasteiger partial charge on any atom is 0.0424 e. The first-order valence-electron chi connectivity index (χ1n) is 6.30. The van der Waals surface area contributed by atoms with E-state index in [9.17, 15) is 0 Å². The van der Waals surface area contributed by atoms with Crippen LogP contribution in [0.5, 0.6) is 0 Å². The first kappa shape index (κ1) is 13.2. The van der Waals surface area contributed by atoms with Gasteiger partial charge in [0.15, 0.2) is 0 Å². The zero-order chi connectivity index (χ0) is 11.8. The molecule has 0 aliphatic carbocycles. The molecular weight excluding hydrogens is 196 g/mol. The Morgan fingerprint density at radius 2 is 1.62 bits per heavy atom. The van der Waals surface area contributed by atoms with Crippen molar-refractivity contribution in [1.29, 1.82) is 0 Å². The van der Waals surface area contributed by atoms with Crippen LogP contribution in [0.15, 0.2) is 30.3 Å². The average molecular weight is 220 g/mol. The lowest BCUT2D eigenvalue weighted by atomic mass is 10.1. The molecule has 1 unspecified atom stereocenters. The summed E-state index contributed by atoms with van der Waals surface area (Å²) in [6, 6.07) is 10.5. The second-order valence-corrected chi connectivity index (χ2v) is 4.32. The van der Waals surface area contributed by atoms with Gasteiger partial charge in [0, 0.05) is 12.6 Å². The van der Waals surface area contributed by atoms with E-state index < -0.39 is 0 Å². The van der Waals surface area contributed by atoms with E-state index in [0.29, 0.717) is 0 Å². The van der Waals surface area contributed by atoms with Crippen molar-refractivity contribution in [2.24, 2.45) is 5.73 Å². The monoisotopic (exact) mass is 220 g/mol. The van der Waals surface area contributed by atoms with Gasteiger partial charge in [-0.3, -0.25) is 0 Å². The van der Waals surface area contributed by atoms with Gasteiger partial charge < -0.3 is 10.6 Å². The lowest BCUT2D eigenvalue weighted by Crippen LogP contribution is -2.33. The quantitative estimate of drug-likeness (QED) is 0.765. The Labute approximate surface area is 99.5 Å². The summed E-state index contributed by atoms with van der Waals surface area (Å²) in [6.07, 6.45) is 2.39. The molecular formula is C14H24N2. The molecule has 16 heavy (non-hydrogen) atoms. The Morgan fingerprint density at radius 3 is 2.12 bits per heavy atom. The minimum atomic E-state index is 0.138. The predicted molar refractivity (Wildman–Crippen MR) is 70.4 cm³/mol. The van der Waals surface area contributed by atoms with E-state index in [4.69, 9.17) is 5.73 Å². The highest BCUT2D eigenvalue weighted by molar-refractivity contribution is 5.18. The molecule has 1 atom stereocenters. The first-order valence-corrected chi connectivity index (χ1v) is 6.30. The van der Waals surface area contributed by atoms with E-state index >= 15 is 0 Å². The van der Waals surface area contributed by atoms with E-state index in [0.717, 1.165) is 19.6 Å². The van der Waals surface area contributed by atoms with Gasteiger partial charge in [-0.1, -0.05) is 44.2 Å². The smallest absolute Gasteiger partial charge is 0.0424 e. The highest BCUT2D eigenvalue weighted by Crippen LogP contribution is 2.11. The highest BCUT2D eigenvalue weighted by Gasteiger charge is 2.10. The fourth-order valence-corrected chi connectivity index (χ4v) is 2.01. The summed E-state index contributed by atoms with van der Waals surface area (Å²) >= 11 is 0. The zero-order valence-corrected chi connectivity index (χ0v) is 10.5. The summed E-state index contributed by atoms with van der Waals surface area (Å²) < 4.78 is 0. The molecule has 0 saturated carbocycles. The zero-order valence-electron chi connectivity index (χ0n) is 10.5. The van der Waals surface area contributed by atoms with Gasteiger partial charge in [0.05, 0.1) is 0 Å². The molecule has 0 fully saturated rings. The van der Waals surface area contributed by atoms with Crippen molar-refractivity contribution in [2.75, 3.05) is 19.6 Å². The van der Waals surface area contributed by atoms with E-state index in [-0.39, 0.29) is 6.04 Å². The van der Waals surface area contributed by atoms with Crippen molar-refractivity contribution in [3.8, 4) is 0 Å². The van der Waals surface area contributed by atoms with E-state index in [2.05, 4.69) is 43.0 Å². The summed E-state index contributed by atoms with van der Waals surface area (Å²) in [5.74, 6) is 0. The Kier molecular flexibility index (Phi) is 6.12. The molecule has 1 aromatic carbocycles. The number of rotatable bonds is 7. The van der Waals surface area contributed by atoms with E-state index in [1.807, 2.05) is 6.07 Å². The van der Waals surface area contributed by atoms with Crippen molar-refractivity contribution in [3.63, 3.8) is 0 Å². The molecule has 2 nitrogen and oxygen atoms in total. The van der Waals surface area contributed by atoms with Gasteiger partial charge in [-0.2, -0.15) is 0 Å². The second-order valence-electron chi connectivity index (χ2n) is 4.32. The normalized spacial score (nSPS) is 13.0. The summed E-state index contributed by atoms with van der Waals surface area (Å²) in [5, 5.41) is 0. The van der Waals surface area contributed by atoms with Gasteiger partial charge in [-0.25, -0.2) is 0 Å². The van der Waals surface area contributed by atoms with Crippen LogP contribution >= 0.6 is 0 Å². The number of nitrogens with zero attached hydrogens (tertiary/aromatic N) is 1. The molecule has 2 N–H and O–H groups in total. The molecule has 0 amide bonds. The standard InChI is InChI=1S/C14H24N2/c1-3-10-16(11-4-2)12-14(15)13-8-6-5-7-9-13/h5-9,14H,3-4,10-12,15H2,1-2H3. The van der Waals surface area contributed by atoms with Gasteiger partial charge in [-0.05, 0) is 31.5 Å². The van der Waals surface area contributed by atoms with Crippen LogP contribution in [0.1, 0.15) is 38.3 Å². The Balaban J connectivity index is 2.50. The van der Waals surface area contributed by atoms with Crippen molar-refractivity contribution in [2.45, 2.75) is 32.7 Å². The van der Waals surface area contributed by atoms with Gasteiger partial charge in [0.25, 0.3) is 0 Å². The van der Waals surface area contributed by atoms with Gasteiger partial charge >= 0.3 is 0 Å². The van der Waals surface area contributed by atoms with Crippen LogP contribution in [0.25, 0.3) is 0 Å². The van der Waals surface area contributed by atoms with E-state index in [1.165, 1.54) is 18.4 Å². The van der Waals surface area contributed by atoms with Gasteiger partial charge in [-0.15, -0.1) is 0 Å². The molecule has 0 aromatic heterocycles. The van der Waals surface area contributed by atoms with Crippen molar-refractivity contribution in [1.82, 2.24) is 4.90 Å². The van der Waals surface area contributed by atoms with Gasteiger partial charge in [0.1, 0.15) is 0 Å². The van der Waals surface area contributed by atoms with Crippen LogP contribution in [0.2, 0.25) is 0 Å². The lowest BCUT2D eigenvalue weighted by Gasteiger charge is -2.24. The highest BCUT2D eigenvalue weighted by atomic mass is 15.1. The number of hydrogen-bond donors (Lipinski definition) is 1.